The van der Waals surface area contributed by atoms with Crippen LogP contribution in [0, 0.1) is 5.92 Å². The Hall–Kier alpha value is -0.980. The Labute approximate surface area is 126 Å². The molecule has 0 saturated carbocycles. The normalized spacial score (nSPS) is 14.0. The third-order valence-corrected chi connectivity index (χ3v) is 3.21. The van der Waals surface area contributed by atoms with E-state index in [0.717, 1.165) is 12.0 Å². The van der Waals surface area contributed by atoms with E-state index in [9.17, 15) is 5.11 Å². The minimum absolute atomic E-state index is 0.0276. The van der Waals surface area contributed by atoms with Crippen molar-refractivity contribution in [3.63, 3.8) is 0 Å². The molecule has 0 radical (unpaired) electrons. The van der Waals surface area contributed by atoms with Crippen LogP contribution in [0.1, 0.15) is 18.9 Å². The number of aliphatic hydroxyl groups is 1. The molecular weight excluding hydrogens is 272 g/mol. The number of aliphatic hydroxyl groups excluding tert-OH is 1. The maximum Gasteiger partial charge on any atom is 0.147 e. The van der Waals surface area contributed by atoms with Gasteiger partial charge in [-0.2, -0.15) is 0 Å². The molecule has 0 bridgehead atoms. The fourth-order valence-corrected chi connectivity index (χ4v) is 1.86. The van der Waals surface area contributed by atoms with Crippen molar-refractivity contribution in [2.75, 3.05) is 33.9 Å². The number of methoxy groups -OCH3 is 1. The molecule has 0 unspecified atom stereocenters. The highest BCUT2D eigenvalue weighted by atomic mass is 16.7. The van der Waals surface area contributed by atoms with E-state index in [1.54, 1.807) is 7.11 Å². The fourth-order valence-electron chi connectivity index (χ4n) is 1.86. The van der Waals surface area contributed by atoms with Gasteiger partial charge in [0.15, 0.2) is 0 Å². The maximum absolute atomic E-state index is 9.37. The van der Waals surface area contributed by atoms with E-state index in [1.807, 2.05) is 37.3 Å². The Balaban J connectivity index is 2.15. The predicted octanol–water partition coefficient (Wildman–Crippen LogP) is 2.18. The summed E-state index contributed by atoms with van der Waals surface area (Å²) in [6, 6.07) is 9.91. The lowest BCUT2D eigenvalue weighted by Gasteiger charge is -2.22. The van der Waals surface area contributed by atoms with E-state index in [1.165, 1.54) is 0 Å². The predicted molar refractivity (Wildman–Crippen MR) is 79.7 cm³/mol. The molecule has 0 spiro atoms. The van der Waals surface area contributed by atoms with Crippen molar-refractivity contribution in [3.05, 3.63) is 35.9 Å². The molecule has 0 heterocycles. The summed E-state index contributed by atoms with van der Waals surface area (Å²) in [5, 5.41) is 9.37. The molecule has 0 aliphatic carbocycles. The van der Waals surface area contributed by atoms with Crippen molar-refractivity contribution in [2.24, 2.45) is 5.92 Å². The Bertz CT molecular complexity index is 344. The van der Waals surface area contributed by atoms with Crippen LogP contribution in [-0.4, -0.2) is 45.1 Å². The Morgan fingerprint density at radius 3 is 2.52 bits per heavy atom. The number of hydrogen-bond donors (Lipinski definition) is 1. The van der Waals surface area contributed by atoms with Gasteiger partial charge in [-0.15, -0.1) is 0 Å². The zero-order valence-electron chi connectivity index (χ0n) is 12.9. The van der Waals surface area contributed by atoms with Crippen LogP contribution in [-0.2, 0) is 25.6 Å². The molecule has 0 amide bonds. The minimum atomic E-state index is -0.244. The van der Waals surface area contributed by atoms with Crippen LogP contribution in [0.4, 0.5) is 0 Å². The van der Waals surface area contributed by atoms with E-state index in [0.29, 0.717) is 13.2 Å². The van der Waals surface area contributed by atoms with Crippen LogP contribution in [0.25, 0.3) is 0 Å². The highest BCUT2D eigenvalue weighted by molar-refractivity contribution is 5.13. The first kappa shape index (κ1) is 18.1. The maximum atomic E-state index is 9.37. The second kappa shape index (κ2) is 11.7. The summed E-state index contributed by atoms with van der Waals surface area (Å²) < 4.78 is 21.1. The van der Waals surface area contributed by atoms with Gasteiger partial charge in [-0.05, 0) is 17.9 Å². The number of ether oxygens (including phenoxy) is 4. The first-order valence-electron chi connectivity index (χ1n) is 7.18. The van der Waals surface area contributed by atoms with Gasteiger partial charge in [-0.3, -0.25) is 0 Å². The van der Waals surface area contributed by atoms with E-state index in [2.05, 4.69) is 0 Å². The van der Waals surface area contributed by atoms with Crippen LogP contribution >= 0.6 is 0 Å². The third kappa shape index (κ3) is 8.14. The van der Waals surface area contributed by atoms with Crippen molar-refractivity contribution >= 4 is 0 Å². The van der Waals surface area contributed by atoms with Gasteiger partial charge in [0.2, 0.25) is 0 Å². The largest absolute Gasteiger partial charge is 0.394 e. The number of hydrogen-bond acceptors (Lipinski definition) is 5. The van der Waals surface area contributed by atoms with Crippen molar-refractivity contribution in [3.8, 4) is 0 Å². The van der Waals surface area contributed by atoms with E-state index in [4.69, 9.17) is 18.9 Å². The van der Waals surface area contributed by atoms with Gasteiger partial charge in [0, 0.05) is 13.7 Å². The molecule has 0 saturated heterocycles. The SMILES string of the molecule is COCOCC[C@H](C)[C@@H](CO)OCOCc1ccccc1. The molecule has 2 atom stereocenters. The lowest BCUT2D eigenvalue weighted by molar-refractivity contribution is -0.127. The van der Waals surface area contributed by atoms with Crippen LogP contribution in [0.15, 0.2) is 30.3 Å². The molecule has 1 N–H and O–H groups in total. The molecule has 0 fully saturated rings. The minimum Gasteiger partial charge on any atom is -0.394 e. The average molecular weight is 298 g/mol. The third-order valence-electron chi connectivity index (χ3n) is 3.21. The lowest BCUT2D eigenvalue weighted by atomic mass is 10.0. The average Bonchev–Trinajstić information content (AvgIpc) is 2.52. The summed E-state index contributed by atoms with van der Waals surface area (Å²) in [5.41, 5.74) is 1.10. The molecule has 21 heavy (non-hydrogen) atoms. The summed E-state index contributed by atoms with van der Waals surface area (Å²) in [5.74, 6) is 0.187. The van der Waals surface area contributed by atoms with Gasteiger partial charge in [0.1, 0.15) is 13.6 Å². The van der Waals surface area contributed by atoms with Gasteiger partial charge in [0.05, 0.1) is 19.3 Å². The van der Waals surface area contributed by atoms with E-state index in [-0.39, 0.29) is 32.2 Å². The molecular formula is C16H26O5. The van der Waals surface area contributed by atoms with Crippen LogP contribution in [0.5, 0.6) is 0 Å². The quantitative estimate of drug-likeness (QED) is 0.473. The van der Waals surface area contributed by atoms with E-state index >= 15 is 0 Å². The van der Waals surface area contributed by atoms with Gasteiger partial charge in [-0.25, -0.2) is 0 Å². The Morgan fingerprint density at radius 2 is 1.86 bits per heavy atom. The van der Waals surface area contributed by atoms with Gasteiger partial charge < -0.3 is 24.1 Å². The Kier molecular flexibility index (Phi) is 10.0. The first-order valence-corrected chi connectivity index (χ1v) is 7.18. The zero-order valence-corrected chi connectivity index (χ0v) is 12.9. The molecule has 0 aromatic heterocycles. The zero-order chi connectivity index (χ0) is 15.3. The van der Waals surface area contributed by atoms with Crippen molar-refractivity contribution < 1.29 is 24.1 Å². The number of benzene rings is 1. The summed E-state index contributed by atoms with van der Waals surface area (Å²) >= 11 is 0. The van der Waals surface area contributed by atoms with Crippen LogP contribution in [0.3, 0.4) is 0 Å². The van der Waals surface area contributed by atoms with Crippen LogP contribution in [0.2, 0.25) is 0 Å². The topological polar surface area (TPSA) is 57.2 Å². The summed E-state index contributed by atoms with van der Waals surface area (Å²) in [4.78, 5) is 0. The molecule has 1 rings (SSSR count). The summed E-state index contributed by atoms with van der Waals surface area (Å²) in [6.07, 6.45) is 0.555. The highest BCUT2D eigenvalue weighted by Gasteiger charge is 2.17. The van der Waals surface area contributed by atoms with Crippen molar-refractivity contribution in [1.82, 2.24) is 0 Å². The van der Waals surface area contributed by atoms with Gasteiger partial charge in [0.25, 0.3) is 0 Å². The summed E-state index contributed by atoms with van der Waals surface area (Å²) in [7, 11) is 1.59. The second-order valence-electron chi connectivity index (χ2n) is 4.92. The monoisotopic (exact) mass is 298 g/mol. The van der Waals surface area contributed by atoms with E-state index < -0.39 is 0 Å². The molecule has 1 aromatic carbocycles. The standard InChI is InChI=1S/C16H26O5/c1-14(8-9-19-12-18-2)16(10-17)21-13-20-11-15-6-4-3-5-7-15/h3-7,14,16-17H,8-13H2,1-2H3/t14-,16+/m0/s1. The highest BCUT2D eigenvalue weighted by Crippen LogP contribution is 2.12. The molecule has 120 valence electrons. The molecule has 0 aliphatic heterocycles. The lowest BCUT2D eigenvalue weighted by Crippen LogP contribution is -2.28. The van der Waals surface area contributed by atoms with Crippen LogP contribution < -0.4 is 0 Å². The van der Waals surface area contributed by atoms with Gasteiger partial charge in [-0.1, -0.05) is 37.3 Å². The van der Waals surface area contributed by atoms with Crippen molar-refractivity contribution in [1.29, 1.82) is 0 Å². The number of rotatable bonds is 12. The smallest absolute Gasteiger partial charge is 0.147 e. The molecule has 5 nitrogen and oxygen atoms in total. The molecule has 5 heteroatoms. The molecule has 0 aliphatic rings. The second-order valence-corrected chi connectivity index (χ2v) is 4.92. The first-order chi connectivity index (χ1) is 10.3. The fraction of sp³-hybridized carbons (Fsp3) is 0.625. The molecule has 1 aromatic rings. The van der Waals surface area contributed by atoms with Gasteiger partial charge >= 0.3 is 0 Å². The Morgan fingerprint density at radius 1 is 1.10 bits per heavy atom. The van der Waals surface area contributed by atoms with Crippen molar-refractivity contribution in [2.45, 2.75) is 26.1 Å². The summed E-state index contributed by atoms with van der Waals surface area (Å²) in [6.45, 7) is 3.54.